The van der Waals surface area contributed by atoms with E-state index < -0.39 is 6.10 Å². The molecule has 0 fully saturated rings. The monoisotopic (exact) mass is 881 g/mol. The van der Waals surface area contributed by atoms with E-state index in [1.165, 1.54) is 19.3 Å². The molecule has 0 saturated heterocycles. The number of hydrogen-bond donors (Lipinski definition) is 0. The fourth-order valence-electron chi connectivity index (χ4n) is 6.01. The summed E-state index contributed by atoms with van der Waals surface area (Å²) in [7, 11) is 0. The second kappa shape index (κ2) is 50.9. The summed E-state index contributed by atoms with van der Waals surface area (Å²) >= 11 is 0. The molecule has 64 heavy (non-hydrogen) atoms. The van der Waals surface area contributed by atoms with Gasteiger partial charge in [0.05, 0.1) is 0 Å². The number of allylic oxidation sites excluding steroid dienone is 24. The van der Waals surface area contributed by atoms with Crippen LogP contribution in [0.5, 0.6) is 0 Å². The molecule has 6 heteroatoms. The lowest BCUT2D eigenvalue weighted by Gasteiger charge is -2.18. The summed E-state index contributed by atoms with van der Waals surface area (Å²) in [5.74, 6) is -1.08. The minimum absolute atomic E-state index is 0.133. The van der Waals surface area contributed by atoms with E-state index >= 15 is 0 Å². The van der Waals surface area contributed by atoms with E-state index in [2.05, 4.69) is 154 Å². The molecule has 6 nitrogen and oxygen atoms in total. The summed E-state index contributed by atoms with van der Waals surface area (Å²) in [6, 6.07) is 0. The highest BCUT2D eigenvalue weighted by molar-refractivity contribution is 5.71. The third-order valence-electron chi connectivity index (χ3n) is 9.64. The maximum absolute atomic E-state index is 12.8. The second-order valence-corrected chi connectivity index (χ2v) is 15.6. The zero-order chi connectivity index (χ0) is 46.5. The molecule has 0 radical (unpaired) electrons. The summed E-state index contributed by atoms with van der Waals surface area (Å²) in [5.41, 5.74) is 0. The quantitative estimate of drug-likeness (QED) is 0.0200. The Hall–Kier alpha value is -4.71. The van der Waals surface area contributed by atoms with Gasteiger partial charge in [-0.15, -0.1) is 0 Å². The number of esters is 3. The molecular weight excluding hydrogens is 793 g/mol. The highest BCUT2D eigenvalue weighted by atomic mass is 16.6. The van der Waals surface area contributed by atoms with Crippen LogP contribution >= 0.6 is 0 Å². The van der Waals surface area contributed by atoms with E-state index in [0.717, 1.165) is 109 Å². The first-order valence-electron chi connectivity index (χ1n) is 24.9. The van der Waals surface area contributed by atoms with Gasteiger partial charge in [0.25, 0.3) is 0 Å². The largest absolute Gasteiger partial charge is 0.462 e. The average Bonchev–Trinajstić information content (AvgIpc) is 3.29. The van der Waals surface area contributed by atoms with E-state index in [4.69, 9.17) is 14.2 Å². The minimum Gasteiger partial charge on any atom is -0.462 e. The van der Waals surface area contributed by atoms with Crippen molar-refractivity contribution in [1.82, 2.24) is 0 Å². The summed E-state index contributed by atoms with van der Waals surface area (Å²) in [5, 5.41) is 0. The number of ether oxygens (including phenoxy) is 3. The number of carbonyl (C=O) groups is 3. The van der Waals surface area contributed by atoms with Crippen molar-refractivity contribution < 1.29 is 28.6 Å². The van der Waals surface area contributed by atoms with Gasteiger partial charge in [-0.3, -0.25) is 14.4 Å². The molecule has 0 saturated carbocycles. The second-order valence-electron chi connectivity index (χ2n) is 15.6. The van der Waals surface area contributed by atoms with Crippen molar-refractivity contribution in [2.24, 2.45) is 0 Å². The van der Waals surface area contributed by atoms with Gasteiger partial charge in [0.15, 0.2) is 6.10 Å². The smallest absolute Gasteiger partial charge is 0.306 e. The van der Waals surface area contributed by atoms with Crippen LogP contribution in [0, 0.1) is 0 Å². The van der Waals surface area contributed by atoms with E-state index in [9.17, 15) is 14.4 Å². The molecule has 0 rings (SSSR count). The van der Waals surface area contributed by atoms with Crippen molar-refractivity contribution in [2.75, 3.05) is 13.2 Å². The summed E-state index contributed by atoms with van der Waals surface area (Å²) < 4.78 is 16.6. The average molecular weight is 881 g/mol. The zero-order valence-corrected chi connectivity index (χ0v) is 40.5. The molecule has 1 unspecified atom stereocenters. The van der Waals surface area contributed by atoms with Crippen LogP contribution in [-0.2, 0) is 28.6 Å². The Kier molecular flexibility index (Phi) is 47.2. The molecule has 0 amide bonds. The van der Waals surface area contributed by atoms with Crippen LogP contribution in [0.4, 0.5) is 0 Å². The van der Waals surface area contributed by atoms with Gasteiger partial charge in [-0.05, 0) is 109 Å². The maximum atomic E-state index is 12.8. The van der Waals surface area contributed by atoms with Crippen molar-refractivity contribution in [2.45, 2.75) is 187 Å². The first-order chi connectivity index (χ1) is 31.5. The van der Waals surface area contributed by atoms with Gasteiger partial charge in [0.1, 0.15) is 13.2 Å². The number of hydrogen-bond acceptors (Lipinski definition) is 6. The van der Waals surface area contributed by atoms with Gasteiger partial charge in [0.2, 0.25) is 0 Å². The first kappa shape index (κ1) is 59.3. The lowest BCUT2D eigenvalue weighted by Crippen LogP contribution is -2.30. The van der Waals surface area contributed by atoms with E-state index in [0.29, 0.717) is 12.8 Å². The van der Waals surface area contributed by atoms with Crippen molar-refractivity contribution in [3.63, 3.8) is 0 Å². The Balaban J connectivity index is 4.59. The Morgan fingerprint density at radius 1 is 0.328 bits per heavy atom. The van der Waals surface area contributed by atoms with E-state index in [1.54, 1.807) is 0 Å². The molecule has 0 aliphatic heterocycles. The maximum Gasteiger partial charge on any atom is 0.306 e. The van der Waals surface area contributed by atoms with Crippen LogP contribution in [0.25, 0.3) is 0 Å². The Morgan fingerprint density at radius 2 is 0.672 bits per heavy atom. The molecular formula is C58H88O6. The topological polar surface area (TPSA) is 78.9 Å². The number of carbonyl (C=O) groups excluding carboxylic acids is 3. The fraction of sp³-hybridized carbons (Fsp3) is 0.534. The number of unbranched alkanes of at least 4 members (excludes halogenated alkanes) is 9. The van der Waals surface area contributed by atoms with Crippen LogP contribution in [0.1, 0.15) is 181 Å². The van der Waals surface area contributed by atoms with Crippen molar-refractivity contribution >= 4 is 17.9 Å². The lowest BCUT2D eigenvalue weighted by molar-refractivity contribution is -0.166. The summed E-state index contributed by atoms with van der Waals surface area (Å²) in [4.78, 5) is 37.9. The Morgan fingerprint density at radius 3 is 1.17 bits per heavy atom. The van der Waals surface area contributed by atoms with Gasteiger partial charge in [-0.2, -0.15) is 0 Å². The predicted molar refractivity (Wildman–Crippen MR) is 274 cm³/mol. The molecule has 0 heterocycles. The summed E-state index contributed by atoms with van der Waals surface area (Å²) in [6.07, 6.45) is 72.7. The Labute approximate surface area is 391 Å². The third-order valence-corrected chi connectivity index (χ3v) is 9.64. The van der Waals surface area contributed by atoms with Crippen molar-refractivity contribution in [1.29, 1.82) is 0 Å². The lowest BCUT2D eigenvalue weighted by atomic mass is 10.1. The molecule has 0 aliphatic carbocycles. The van der Waals surface area contributed by atoms with Crippen LogP contribution in [0.15, 0.2) is 146 Å². The Bertz CT molecular complexity index is 1480. The highest BCUT2D eigenvalue weighted by Gasteiger charge is 2.19. The molecule has 1 atom stereocenters. The number of rotatable bonds is 42. The van der Waals surface area contributed by atoms with Crippen LogP contribution in [0.3, 0.4) is 0 Å². The van der Waals surface area contributed by atoms with Crippen LogP contribution < -0.4 is 0 Å². The van der Waals surface area contributed by atoms with E-state index in [-0.39, 0.29) is 50.4 Å². The van der Waals surface area contributed by atoms with Gasteiger partial charge < -0.3 is 14.2 Å². The molecule has 0 aromatic carbocycles. The normalized spacial score (nSPS) is 13.4. The van der Waals surface area contributed by atoms with Gasteiger partial charge in [-0.1, -0.05) is 199 Å². The van der Waals surface area contributed by atoms with Crippen LogP contribution in [-0.4, -0.2) is 37.2 Å². The molecule has 0 aromatic heterocycles. The van der Waals surface area contributed by atoms with Gasteiger partial charge in [-0.25, -0.2) is 0 Å². The molecule has 0 aliphatic rings. The van der Waals surface area contributed by atoms with Crippen LogP contribution in [0.2, 0.25) is 0 Å². The van der Waals surface area contributed by atoms with Gasteiger partial charge >= 0.3 is 17.9 Å². The first-order valence-corrected chi connectivity index (χ1v) is 24.9. The molecule has 0 N–H and O–H groups in total. The molecule has 356 valence electrons. The highest BCUT2D eigenvalue weighted by Crippen LogP contribution is 2.12. The minimum atomic E-state index is -0.836. The van der Waals surface area contributed by atoms with E-state index in [1.807, 2.05) is 12.2 Å². The SMILES string of the molecule is CC\C=C/C=C\C=C/CCCCCCCCCC(=O)OC(COC(=O)CC/C=C\C/C=C\C/C=C\C/C=C\C/C=C\C/C=C\CC)COC(=O)CCCC/C=C\C/C=C\C/C=C\CC. The third kappa shape index (κ3) is 48.3. The predicted octanol–water partition coefficient (Wildman–Crippen LogP) is 16.5. The zero-order valence-electron chi connectivity index (χ0n) is 40.5. The fourth-order valence-corrected chi connectivity index (χ4v) is 6.01. The molecule has 0 aromatic rings. The standard InChI is InChI=1S/C58H88O6/c1-4-7-10-13-16-19-22-25-27-28-29-30-32-33-36-39-42-45-48-51-57(60)63-54-55(53-62-56(59)50-47-44-41-38-35-24-21-18-15-12-9-6-3)64-58(61)52-49-46-43-40-37-34-31-26-23-20-17-14-11-8-5-2/h7-12,14,16-21,23,25,27,29-30,33,35-36,38,42,45,55H,4-6,13,15,22,24,26,28,31-32,34,37,39-41,43-44,46-54H2,1-3H3/b10-7-,11-8-,12-9-,17-14-,19-16-,21-18-,23-20-,27-25-,30-29-,36-33-,38-35-,45-42-. The van der Waals surface area contributed by atoms with Crippen molar-refractivity contribution in [3.05, 3.63) is 146 Å². The summed E-state index contributed by atoms with van der Waals surface area (Å²) in [6.45, 7) is 6.13. The molecule has 0 bridgehead atoms. The van der Waals surface area contributed by atoms with Crippen molar-refractivity contribution in [3.8, 4) is 0 Å². The van der Waals surface area contributed by atoms with Gasteiger partial charge in [0, 0.05) is 19.3 Å². The molecule has 0 spiro atoms.